The number of aromatic nitrogens is 2. The maximum Gasteiger partial charge on any atom is 0.243 e. The number of aromatic amines is 1. The molecule has 0 saturated carbocycles. The number of nitrogens with one attached hydrogen (secondary N) is 2. The Morgan fingerprint density at radius 2 is 1.91 bits per heavy atom. The number of hydrogen-bond donors (Lipinski definition) is 2. The molecule has 0 aliphatic carbocycles. The molecule has 0 unspecified atom stereocenters. The summed E-state index contributed by atoms with van der Waals surface area (Å²) < 4.78 is 40.5. The summed E-state index contributed by atoms with van der Waals surface area (Å²) in [6.45, 7) is 4.44. The van der Waals surface area contributed by atoms with Gasteiger partial charge >= 0.3 is 0 Å². The Kier molecular flexibility index (Phi) is 6.30. The van der Waals surface area contributed by atoms with Crippen molar-refractivity contribution in [3.63, 3.8) is 0 Å². The highest BCUT2D eigenvalue weighted by Gasteiger charge is 2.34. The summed E-state index contributed by atoms with van der Waals surface area (Å²) in [7, 11) is -3.79. The number of carbonyl (C=O) groups is 1. The lowest BCUT2D eigenvalue weighted by Crippen LogP contribution is -2.46. The highest BCUT2D eigenvalue weighted by Crippen LogP contribution is 2.27. The van der Waals surface area contributed by atoms with Crippen LogP contribution < -0.4 is 5.32 Å². The van der Waals surface area contributed by atoms with Crippen molar-refractivity contribution in [2.45, 2.75) is 37.6 Å². The molecule has 4 rings (SSSR count). The largest absolute Gasteiger partial charge is 0.346 e. The molecule has 0 spiro atoms. The molecule has 2 atom stereocenters. The van der Waals surface area contributed by atoms with Gasteiger partial charge in [0.15, 0.2) is 0 Å². The van der Waals surface area contributed by atoms with E-state index < -0.39 is 21.8 Å². The molecule has 2 heterocycles. The minimum Gasteiger partial charge on any atom is -0.346 e. The van der Waals surface area contributed by atoms with Crippen LogP contribution in [0.1, 0.15) is 38.6 Å². The summed E-state index contributed by atoms with van der Waals surface area (Å²) in [6.07, 6.45) is 1.18. The lowest BCUT2D eigenvalue weighted by Gasteiger charge is -2.32. The molecule has 2 aromatic carbocycles. The predicted octanol–water partition coefficient (Wildman–Crippen LogP) is 3.62. The smallest absolute Gasteiger partial charge is 0.243 e. The van der Waals surface area contributed by atoms with Crippen LogP contribution in [-0.2, 0) is 14.8 Å². The normalized spacial score (nSPS) is 18.7. The molecule has 1 fully saturated rings. The first-order valence-electron chi connectivity index (χ1n) is 10.8. The van der Waals surface area contributed by atoms with E-state index in [1.807, 2.05) is 38.1 Å². The lowest BCUT2D eigenvalue weighted by molar-refractivity contribution is -0.127. The quantitative estimate of drug-likeness (QED) is 0.590. The number of sulfonamides is 1. The Morgan fingerprint density at radius 3 is 2.59 bits per heavy atom. The third-order valence-electron chi connectivity index (χ3n) is 5.87. The second kappa shape index (κ2) is 8.99. The van der Waals surface area contributed by atoms with Gasteiger partial charge in [0.2, 0.25) is 15.9 Å². The van der Waals surface area contributed by atoms with E-state index in [2.05, 4.69) is 15.3 Å². The number of H-pyrrole nitrogens is 1. The third kappa shape index (κ3) is 4.54. The van der Waals surface area contributed by atoms with Gasteiger partial charge in [0.1, 0.15) is 11.6 Å². The van der Waals surface area contributed by atoms with Gasteiger partial charge in [-0.25, -0.2) is 17.8 Å². The predicted molar refractivity (Wildman–Crippen MR) is 120 cm³/mol. The number of carbonyl (C=O) groups excluding carboxylic acids is 1. The van der Waals surface area contributed by atoms with Crippen molar-refractivity contribution in [2.24, 2.45) is 11.8 Å². The van der Waals surface area contributed by atoms with Gasteiger partial charge in [-0.05, 0) is 55.2 Å². The molecule has 1 saturated heterocycles. The minimum absolute atomic E-state index is 0.0299. The van der Waals surface area contributed by atoms with E-state index in [0.717, 1.165) is 23.2 Å². The standard InChI is InChI=1S/C23H27FN4O3S/c1-15(2)21(22-25-19-7-3-4-8-20(19)26-22)27-23(29)16-6-5-13-28(14-16)32(30,31)18-11-9-17(24)10-12-18/h3-4,7-12,15-16,21H,5-6,13-14H2,1-2H3,(H,25,26)(H,27,29)/t16-,21-/m0/s1. The van der Waals surface area contributed by atoms with E-state index in [0.29, 0.717) is 25.2 Å². The fraction of sp³-hybridized carbons (Fsp3) is 0.391. The van der Waals surface area contributed by atoms with Gasteiger partial charge in [0.25, 0.3) is 0 Å². The second-order valence-electron chi connectivity index (χ2n) is 8.53. The highest BCUT2D eigenvalue weighted by molar-refractivity contribution is 7.89. The molecule has 1 amide bonds. The Labute approximate surface area is 187 Å². The molecule has 3 aromatic rings. The molecule has 0 radical (unpaired) electrons. The van der Waals surface area contributed by atoms with Crippen molar-refractivity contribution in [1.82, 2.24) is 19.6 Å². The number of halogens is 1. The van der Waals surface area contributed by atoms with Gasteiger partial charge in [0, 0.05) is 13.1 Å². The molecule has 32 heavy (non-hydrogen) atoms. The zero-order chi connectivity index (χ0) is 22.9. The molecule has 0 bridgehead atoms. The van der Waals surface area contributed by atoms with Crippen molar-refractivity contribution < 1.29 is 17.6 Å². The van der Waals surface area contributed by atoms with Crippen LogP contribution in [0, 0.1) is 17.7 Å². The van der Waals surface area contributed by atoms with Gasteiger partial charge in [-0.1, -0.05) is 26.0 Å². The monoisotopic (exact) mass is 458 g/mol. The number of imidazole rings is 1. The number of rotatable bonds is 6. The summed E-state index contributed by atoms with van der Waals surface area (Å²) >= 11 is 0. The van der Waals surface area contributed by atoms with Crippen molar-refractivity contribution >= 4 is 27.0 Å². The molecule has 1 aromatic heterocycles. The van der Waals surface area contributed by atoms with Crippen LogP contribution in [0.2, 0.25) is 0 Å². The minimum atomic E-state index is -3.79. The first-order valence-corrected chi connectivity index (χ1v) is 12.2. The number of fused-ring (bicyclic) bond motifs is 1. The Bertz CT molecular complexity index is 1170. The molecule has 1 aliphatic rings. The topological polar surface area (TPSA) is 95.2 Å². The van der Waals surface area contributed by atoms with Crippen molar-refractivity contribution in [1.29, 1.82) is 0 Å². The van der Waals surface area contributed by atoms with Gasteiger partial charge < -0.3 is 10.3 Å². The average molecular weight is 459 g/mol. The van der Waals surface area contributed by atoms with Gasteiger partial charge in [-0.15, -0.1) is 0 Å². The van der Waals surface area contributed by atoms with Crippen LogP contribution in [0.25, 0.3) is 11.0 Å². The van der Waals surface area contributed by atoms with E-state index >= 15 is 0 Å². The summed E-state index contributed by atoms with van der Waals surface area (Å²) in [5, 5.41) is 3.08. The number of nitrogens with zero attached hydrogens (tertiary/aromatic N) is 2. The number of piperidine rings is 1. The van der Waals surface area contributed by atoms with Crippen molar-refractivity contribution in [2.75, 3.05) is 13.1 Å². The van der Waals surface area contributed by atoms with Crippen molar-refractivity contribution in [3.05, 3.63) is 60.2 Å². The number of amides is 1. The van der Waals surface area contributed by atoms with Crippen LogP contribution >= 0.6 is 0 Å². The first kappa shape index (κ1) is 22.4. The van der Waals surface area contributed by atoms with E-state index in [-0.39, 0.29) is 29.3 Å². The van der Waals surface area contributed by atoms with Gasteiger partial charge in [-0.2, -0.15) is 4.31 Å². The van der Waals surface area contributed by atoms with Crippen LogP contribution in [-0.4, -0.2) is 41.7 Å². The second-order valence-corrected chi connectivity index (χ2v) is 10.5. The number of hydrogen-bond acceptors (Lipinski definition) is 4. The number of para-hydroxylation sites is 2. The van der Waals surface area contributed by atoms with Gasteiger partial charge in [-0.3, -0.25) is 4.79 Å². The Hall–Kier alpha value is -2.78. The van der Waals surface area contributed by atoms with Crippen LogP contribution in [0.4, 0.5) is 4.39 Å². The summed E-state index contributed by atoms with van der Waals surface area (Å²) in [4.78, 5) is 21.1. The van der Waals surface area contributed by atoms with E-state index in [4.69, 9.17) is 0 Å². The fourth-order valence-corrected chi connectivity index (χ4v) is 5.60. The summed E-state index contributed by atoms with van der Waals surface area (Å²) in [5.74, 6) is -0.388. The maximum atomic E-state index is 13.2. The summed E-state index contributed by atoms with van der Waals surface area (Å²) in [5.41, 5.74) is 1.73. The van der Waals surface area contributed by atoms with Gasteiger partial charge in [0.05, 0.1) is 27.9 Å². The summed E-state index contributed by atoms with van der Waals surface area (Å²) in [6, 6.07) is 12.1. The Morgan fingerprint density at radius 1 is 1.19 bits per heavy atom. The third-order valence-corrected chi connectivity index (χ3v) is 7.75. The van der Waals surface area contributed by atoms with Crippen LogP contribution in [0.5, 0.6) is 0 Å². The molecule has 170 valence electrons. The first-order chi connectivity index (χ1) is 15.3. The average Bonchev–Trinajstić information content (AvgIpc) is 3.21. The molecule has 2 N–H and O–H groups in total. The number of benzene rings is 2. The Balaban J connectivity index is 1.50. The van der Waals surface area contributed by atoms with E-state index in [1.54, 1.807) is 0 Å². The molecular formula is C23H27FN4O3S. The zero-order valence-electron chi connectivity index (χ0n) is 18.1. The van der Waals surface area contributed by atoms with Crippen LogP contribution in [0.3, 0.4) is 0 Å². The fourth-order valence-electron chi connectivity index (χ4n) is 4.07. The molecule has 7 nitrogen and oxygen atoms in total. The molecule has 9 heteroatoms. The van der Waals surface area contributed by atoms with Crippen molar-refractivity contribution in [3.8, 4) is 0 Å². The molecule has 1 aliphatic heterocycles. The van der Waals surface area contributed by atoms with E-state index in [9.17, 15) is 17.6 Å². The maximum absolute atomic E-state index is 13.2. The zero-order valence-corrected chi connectivity index (χ0v) is 18.9. The lowest BCUT2D eigenvalue weighted by atomic mass is 9.96. The SMILES string of the molecule is CC(C)[C@H](NC(=O)[C@H]1CCCN(S(=O)(=O)c2ccc(F)cc2)C1)c1nc2ccccc2[nH]1. The highest BCUT2D eigenvalue weighted by atomic mass is 32.2. The molecular weight excluding hydrogens is 431 g/mol. The van der Waals surface area contributed by atoms with Crippen LogP contribution in [0.15, 0.2) is 53.4 Å². The van der Waals surface area contributed by atoms with E-state index in [1.165, 1.54) is 16.4 Å².